The molecule has 0 saturated carbocycles. The topological polar surface area (TPSA) is 9.86 Å². The molecule has 76 heavy (non-hydrogen) atoms. The first kappa shape index (κ1) is 44.2. The Kier molecular flexibility index (Phi) is 10.3. The van der Waals surface area contributed by atoms with Crippen molar-refractivity contribution in [3.63, 3.8) is 0 Å². The highest BCUT2D eigenvalue weighted by molar-refractivity contribution is 7.23. The highest BCUT2D eigenvalue weighted by Gasteiger charge is 2.50. The molecule has 0 bridgehead atoms. The van der Waals surface area contributed by atoms with Gasteiger partial charge in [-0.25, -0.2) is 0 Å². The normalized spacial score (nSPS) is 12.8. The number of hydrogen-bond donors (Lipinski definition) is 0. The van der Waals surface area contributed by atoms with Crippen LogP contribution in [-0.4, -0.2) is 25.3 Å². The molecule has 0 radical (unpaired) electrons. The van der Waals surface area contributed by atoms with Gasteiger partial charge in [0.2, 0.25) is 0 Å². The van der Waals surface area contributed by atoms with Crippen molar-refractivity contribution >= 4 is 101 Å². The molecule has 4 heteroatoms. The van der Waals surface area contributed by atoms with Crippen LogP contribution in [0.25, 0.3) is 77.2 Å². The maximum atomic E-state index is 2.51. The lowest BCUT2D eigenvalue weighted by Gasteiger charge is -2.34. The molecule has 1 aliphatic rings. The van der Waals surface area contributed by atoms with Crippen molar-refractivity contribution in [1.82, 2.24) is 9.13 Å². The minimum Gasteiger partial charge on any atom is -0.309 e. The first-order chi connectivity index (χ1) is 37.7. The first-order valence-electron chi connectivity index (χ1n) is 26.4. The van der Waals surface area contributed by atoms with Gasteiger partial charge in [-0.15, -0.1) is 0 Å². The summed E-state index contributed by atoms with van der Waals surface area (Å²) in [6, 6.07) is 114. The Bertz CT molecular complexity index is 4370. The van der Waals surface area contributed by atoms with Gasteiger partial charge in [-0.2, -0.15) is 0 Å². The number of para-hydroxylation sites is 2. The molecule has 2 nitrogen and oxygen atoms in total. The van der Waals surface area contributed by atoms with Crippen molar-refractivity contribution in [1.29, 1.82) is 0 Å². The molecule has 0 N–H and O–H groups in total. The third kappa shape index (κ3) is 6.45. The number of aromatic nitrogens is 2. The van der Waals surface area contributed by atoms with Gasteiger partial charge in [-0.05, 0) is 112 Å². The summed E-state index contributed by atoms with van der Waals surface area (Å²) < 4.78 is 5.00. The summed E-state index contributed by atoms with van der Waals surface area (Å²) in [4.78, 5) is 0. The molecular weight excluding hydrogens is 949 g/mol. The fraction of sp³-hybridized carbons (Fsp3) is 0. The van der Waals surface area contributed by atoms with Crippen molar-refractivity contribution < 1.29 is 0 Å². The summed E-state index contributed by atoms with van der Waals surface area (Å²) in [6.07, 6.45) is 0. The van der Waals surface area contributed by atoms with Crippen LogP contribution in [0.2, 0.25) is 0 Å². The Balaban J connectivity index is 0.936. The smallest absolute Gasteiger partial charge is 0.181 e. The largest absolute Gasteiger partial charge is 0.309 e. The molecule has 2 aromatic heterocycles. The zero-order valence-electron chi connectivity index (χ0n) is 41.8. The van der Waals surface area contributed by atoms with Gasteiger partial charge >= 0.3 is 0 Å². The molecule has 1 aliphatic heterocycles. The lowest BCUT2D eigenvalue weighted by Crippen LogP contribution is -2.74. The van der Waals surface area contributed by atoms with E-state index in [2.05, 4.69) is 312 Å². The molecule has 0 unspecified atom stereocenters. The monoisotopic (exact) mass is 998 g/mol. The van der Waals surface area contributed by atoms with E-state index in [4.69, 9.17) is 0 Å². The number of benzene rings is 12. The Morgan fingerprint density at radius 2 is 0.711 bits per heavy atom. The zero-order valence-corrected chi connectivity index (χ0v) is 43.8. The second-order valence-electron chi connectivity index (χ2n) is 20.3. The van der Waals surface area contributed by atoms with E-state index in [1.54, 1.807) is 0 Å². The standard InChI is InChI=1S/C72H50N2Si2/c1-6-25-54(26-7-1)75(55-27-8-2-9-28-55,56-29-10-3-11-30-56)59-35-22-24-52(49-59)74-67-41-19-16-36-61(67)63-46-45-53(50-70(63)74)73-68-42-20-17-37-62(68)66-48-51(44-47-69(66)73)60-39-23-40-65-64-38-18-21-43-71(64)76(72(60)65,57-31-12-4-13-32-57)58-33-14-5-15-34-58/h1-50H. The average Bonchev–Trinajstić information content (AvgIpc) is 4.21. The second kappa shape index (κ2) is 17.7. The third-order valence-corrected chi connectivity index (χ3v) is 26.2. The van der Waals surface area contributed by atoms with E-state index in [1.165, 1.54) is 107 Å². The molecule has 3 heterocycles. The van der Waals surface area contributed by atoms with Gasteiger partial charge in [0.1, 0.15) is 0 Å². The predicted octanol–water partition coefficient (Wildman–Crippen LogP) is 12.3. The Labute approximate surface area is 444 Å². The van der Waals surface area contributed by atoms with E-state index < -0.39 is 16.1 Å². The van der Waals surface area contributed by atoms with Crippen LogP contribution in [0.3, 0.4) is 0 Å². The van der Waals surface area contributed by atoms with Gasteiger partial charge in [0, 0.05) is 32.9 Å². The lowest BCUT2D eigenvalue weighted by molar-refractivity contribution is 1.16. The summed E-state index contributed by atoms with van der Waals surface area (Å²) in [5.41, 5.74) is 12.2. The molecule has 0 spiro atoms. The fourth-order valence-electron chi connectivity index (χ4n) is 13.5. The molecule has 12 aromatic carbocycles. The molecule has 0 fully saturated rings. The van der Waals surface area contributed by atoms with Crippen LogP contribution in [0.5, 0.6) is 0 Å². The van der Waals surface area contributed by atoms with Gasteiger partial charge in [-0.3, -0.25) is 0 Å². The van der Waals surface area contributed by atoms with Gasteiger partial charge in [0.15, 0.2) is 16.1 Å². The van der Waals surface area contributed by atoms with Crippen LogP contribution in [0, 0.1) is 0 Å². The molecule has 0 saturated heterocycles. The van der Waals surface area contributed by atoms with E-state index in [0.29, 0.717) is 0 Å². The Morgan fingerprint density at radius 1 is 0.263 bits per heavy atom. The van der Waals surface area contributed by atoms with E-state index in [0.717, 1.165) is 11.4 Å². The number of hydrogen-bond acceptors (Lipinski definition) is 0. The summed E-state index contributed by atoms with van der Waals surface area (Å²) >= 11 is 0. The molecular formula is C72H50N2Si2. The van der Waals surface area contributed by atoms with Crippen molar-refractivity contribution in [3.05, 3.63) is 303 Å². The number of fused-ring (bicyclic) bond motifs is 9. The second-order valence-corrected chi connectivity index (χ2v) is 27.8. The van der Waals surface area contributed by atoms with Crippen LogP contribution in [0.4, 0.5) is 0 Å². The van der Waals surface area contributed by atoms with E-state index in [9.17, 15) is 0 Å². The van der Waals surface area contributed by atoms with Crippen LogP contribution in [0.1, 0.15) is 0 Å². The van der Waals surface area contributed by atoms with E-state index >= 15 is 0 Å². The van der Waals surface area contributed by atoms with Crippen LogP contribution >= 0.6 is 0 Å². The van der Waals surface area contributed by atoms with Crippen molar-refractivity contribution in [2.75, 3.05) is 0 Å². The predicted molar refractivity (Wildman–Crippen MR) is 327 cm³/mol. The molecule has 356 valence electrons. The number of nitrogens with zero attached hydrogens (tertiary/aromatic N) is 2. The quantitative estimate of drug-likeness (QED) is 0.101. The van der Waals surface area contributed by atoms with E-state index in [-0.39, 0.29) is 0 Å². The van der Waals surface area contributed by atoms with Crippen molar-refractivity contribution in [2.45, 2.75) is 0 Å². The van der Waals surface area contributed by atoms with E-state index in [1.807, 2.05) is 0 Å². The average molecular weight is 999 g/mol. The van der Waals surface area contributed by atoms with Crippen molar-refractivity contribution in [2.24, 2.45) is 0 Å². The Morgan fingerprint density at radius 3 is 1.34 bits per heavy atom. The van der Waals surface area contributed by atoms with Crippen LogP contribution in [-0.2, 0) is 0 Å². The lowest BCUT2D eigenvalue weighted by atomic mass is 9.98. The summed E-state index contributed by atoms with van der Waals surface area (Å²) in [7, 11) is -5.57. The van der Waals surface area contributed by atoms with Crippen molar-refractivity contribution in [3.8, 4) is 33.6 Å². The zero-order chi connectivity index (χ0) is 50.2. The first-order valence-corrected chi connectivity index (χ1v) is 30.4. The van der Waals surface area contributed by atoms with Gasteiger partial charge in [-0.1, -0.05) is 255 Å². The third-order valence-electron chi connectivity index (χ3n) is 16.5. The maximum absolute atomic E-state index is 2.80. The van der Waals surface area contributed by atoms with Gasteiger partial charge in [0.25, 0.3) is 0 Å². The maximum Gasteiger partial charge on any atom is 0.181 e. The number of rotatable bonds is 9. The molecule has 0 aliphatic carbocycles. The summed E-state index contributed by atoms with van der Waals surface area (Å²) in [5.74, 6) is 0. The molecule has 14 aromatic rings. The molecule has 0 amide bonds. The fourth-order valence-corrected chi connectivity index (χ4v) is 23.7. The summed E-state index contributed by atoms with van der Waals surface area (Å²) in [5, 5.41) is 16.1. The highest BCUT2D eigenvalue weighted by atomic mass is 28.3. The summed E-state index contributed by atoms with van der Waals surface area (Å²) in [6.45, 7) is 0. The highest BCUT2D eigenvalue weighted by Crippen LogP contribution is 2.40. The SMILES string of the molecule is c1ccc([Si](c2ccccc2)(c2ccccc2)c2cccc(-n3c4ccccc4c4ccc(-n5c6ccccc6c6cc(-c7cccc8c7[Si](c7ccccc7)(c7ccccc7)c7ccccc7-8)ccc65)cc43)c2)cc1. The van der Waals surface area contributed by atoms with Crippen LogP contribution in [0.15, 0.2) is 303 Å². The van der Waals surface area contributed by atoms with Crippen LogP contribution < -0.4 is 41.5 Å². The minimum atomic E-state index is -2.80. The molecule has 0 atom stereocenters. The van der Waals surface area contributed by atoms with Gasteiger partial charge < -0.3 is 9.13 Å². The minimum absolute atomic E-state index is 1.13. The Hall–Kier alpha value is -9.33. The molecule has 15 rings (SSSR count). The van der Waals surface area contributed by atoms with Gasteiger partial charge in [0.05, 0.1) is 22.1 Å².